The van der Waals surface area contributed by atoms with E-state index in [2.05, 4.69) is 10.3 Å². The molecule has 0 bridgehead atoms. The second-order valence-electron chi connectivity index (χ2n) is 7.55. The highest BCUT2D eigenvalue weighted by molar-refractivity contribution is 6.49. The summed E-state index contributed by atoms with van der Waals surface area (Å²) in [5.74, 6) is -0.213. The van der Waals surface area contributed by atoms with Gasteiger partial charge in [-0.05, 0) is 29.8 Å². The minimum absolute atomic E-state index is 0.0850. The summed E-state index contributed by atoms with van der Waals surface area (Å²) in [5.41, 5.74) is 3.26. The lowest BCUT2D eigenvalue weighted by molar-refractivity contribution is -0.124. The number of ether oxygens (including phenoxy) is 2. The zero-order valence-electron chi connectivity index (χ0n) is 17.1. The number of carbonyl (C=O) groups excluding carboxylic acids is 2. The first-order chi connectivity index (χ1) is 15.4. The Morgan fingerprint density at radius 1 is 1.28 bits per heavy atom. The topological polar surface area (TPSA) is 80.2 Å². The van der Waals surface area contributed by atoms with E-state index < -0.39 is 17.8 Å². The third-order valence-electron chi connectivity index (χ3n) is 5.57. The van der Waals surface area contributed by atoms with Crippen LogP contribution in [0.5, 0.6) is 11.5 Å². The lowest BCUT2D eigenvalue weighted by Gasteiger charge is -2.32. The normalized spacial score (nSPS) is 19.3. The minimum atomic E-state index is -1.08. The van der Waals surface area contributed by atoms with E-state index in [0.29, 0.717) is 46.1 Å². The van der Waals surface area contributed by atoms with Crippen molar-refractivity contribution in [3.8, 4) is 11.5 Å². The summed E-state index contributed by atoms with van der Waals surface area (Å²) >= 11 is 6.20. The molecule has 1 atom stereocenters. The van der Waals surface area contributed by atoms with E-state index in [4.69, 9.17) is 21.1 Å². The second kappa shape index (κ2) is 7.49. The Labute approximate surface area is 187 Å². The van der Waals surface area contributed by atoms with Gasteiger partial charge in [0.05, 0.1) is 17.8 Å². The molecule has 3 aliphatic rings. The number of halogens is 2. The van der Waals surface area contributed by atoms with Crippen molar-refractivity contribution in [1.82, 2.24) is 4.90 Å². The molecule has 0 spiro atoms. The Bertz CT molecular complexity index is 1280. The molecule has 2 aromatic carbocycles. The van der Waals surface area contributed by atoms with E-state index in [1.165, 1.54) is 19.2 Å². The summed E-state index contributed by atoms with van der Waals surface area (Å²) in [5, 5.41) is 2.92. The molecule has 0 saturated heterocycles. The number of likely N-dealkylation sites (N-methyl/N-ethyl adjacent to an activating group) is 1. The molecule has 0 radical (unpaired) electrons. The van der Waals surface area contributed by atoms with Crippen molar-refractivity contribution < 1.29 is 23.5 Å². The Morgan fingerprint density at radius 2 is 2.09 bits per heavy atom. The summed E-state index contributed by atoms with van der Waals surface area (Å²) < 4.78 is 25.1. The van der Waals surface area contributed by atoms with Gasteiger partial charge in [0.25, 0.3) is 11.8 Å². The fourth-order valence-electron chi connectivity index (χ4n) is 4.01. The van der Waals surface area contributed by atoms with E-state index in [-0.39, 0.29) is 10.9 Å². The predicted octanol–water partition coefficient (Wildman–Crippen LogP) is 3.75. The molecular formula is C23H17ClFN3O4. The number of hydrogen-bond donors (Lipinski definition) is 1. The van der Waals surface area contributed by atoms with Crippen molar-refractivity contribution in [2.45, 2.75) is 6.10 Å². The highest BCUT2D eigenvalue weighted by atomic mass is 35.5. The quantitative estimate of drug-likeness (QED) is 0.767. The molecule has 2 aromatic rings. The number of rotatable bonds is 3. The van der Waals surface area contributed by atoms with Gasteiger partial charge >= 0.3 is 0 Å². The number of aliphatic imine (C=N–C) groups is 1. The molecule has 3 heterocycles. The van der Waals surface area contributed by atoms with Gasteiger partial charge in [-0.3, -0.25) is 14.6 Å². The zero-order valence-corrected chi connectivity index (χ0v) is 17.9. The van der Waals surface area contributed by atoms with Crippen molar-refractivity contribution in [2.24, 2.45) is 4.99 Å². The van der Waals surface area contributed by atoms with Crippen molar-refractivity contribution in [3.05, 3.63) is 70.1 Å². The van der Waals surface area contributed by atoms with Crippen LogP contribution < -0.4 is 14.8 Å². The van der Waals surface area contributed by atoms with Gasteiger partial charge in [-0.25, -0.2) is 4.39 Å². The average Bonchev–Trinajstić information content (AvgIpc) is 3.26. The molecule has 9 heteroatoms. The first-order valence-electron chi connectivity index (χ1n) is 9.75. The zero-order chi connectivity index (χ0) is 22.6. The maximum absolute atomic E-state index is 13.5. The van der Waals surface area contributed by atoms with E-state index >= 15 is 0 Å². The second-order valence-corrected chi connectivity index (χ2v) is 7.96. The molecule has 0 fully saturated rings. The van der Waals surface area contributed by atoms with Crippen LogP contribution in [0.4, 0.5) is 10.1 Å². The van der Waals surface area contributed by atoms with Gasteiger partial charge in [-0.2, -0.15) is 0 Å². The molecule has 2 amide bonds. The van der Waals surface area contributed by atoms with E-state index in [0.717, 1.165) is 11.6 Å². The largest absolute Gasteiger partial charge is 0.497 e. The van der Waals surface area contributed by atoms with E-state index in [1.807, 2.05) is 0 Å². The molecule has 0 aromatic heterocycles. The average molecular weight is 454 g/mol. The van der Waals surface area contributed by atoms with Gasteiger partial charge in [-0.15, -0.1) is 0 Å². The monoisotopic (exact) mass is 453 g/mol. The molecule has 0 aliphatic carbocycles. The van der Waals surface area contributed by atoms with Gasteiger partial charge in [0.15, 0.2) is 5.75 Å². The lowest BCUT2D eigenvalue weighted by Crippen LogP contribution is -2.39. The molecule has 32 heavy (non-hydrogen) atoms. The Hall–Kier alpha value is -3.65. The van der Waals surface area contributed by atoms with Crippen LogP contribution >= 0.6 is 11.6 Å². The number of carbonyl (C=O) groups is 2. The molecule has 5 rings (SSSR count). The van der Waals surface area contributed by atoms with Crippen molar-refractivity contribution >= 4 is 40.4 Å². The maximum atomic E-state index is 13.5. The fourth-order valence-corrected chi connectivity index (χ4v) is 4.27. The summed E-state index contributed by atoms with van der Waals surface area (Å²) in [4.78, 5) is 31.1. The van der Waals surface area contributed by atoms with E-state index in [9.17, 15) is 14.0 Å². The number of nitrogens with zero attached hydrogens (tertiary/aromatic N) is 2. The van der Waals surface area contributed by atoms with Gasteiger partial charge < -0.3 is 19.7 Å². The minimum Gasteiger partial charge on any atom is -0.497 e. The number of benzene rings is 2. The summed E-state index contributed by atoms with van der Waals surface area (Å²) in [6.45, 7) is 0.316. The van der Waals surface area contributed by atoms with E-state index in [1.54, 1.807) is 36.4 Å². The van der Waals surface area contributed by atoms with Crippen LogP contribution in [-0.2, 0) is 9.59 Å². The van der Waals surface area contributed by atoms with Crippen molar-refractivity contribution in [1.29, 1.82) is 0 Å². The van der Waals surface area contributed by atoms with Gasteiger partial charge in [0.2, 0.25) is 6.10 Å². The summed E-state index contributed by atoms with van der Waals surface area (Å²) in [6, 6.07) is 7.23. The Kier molecular flexibility index (Phi) is 4.74. The number of fused-ring (bicyclic) bond motifs is 2. The highest BCUT2D eigenvalue weighted by Crippen LogP contribution is 2.46. The van der Waals surface area contributed by atoms with Gasteiger partial charge in [-0.1, -0.05) is 17.7 Å². The number of anilines is 1. The molecule has 162 valence electrons. The molecule has 0 saturated carbocycles. The molecule has 3 aliphatic heterocycles. The van der Waals surface area contributed by atoms with Crippen LogP contribution in [0.15, 0.2) is 53.2 Å². The third-order valence-corrected chi connectivity index (χ3v) is 5.90. The molecule has 7 nitrogen and oxygen atoms in total. The summed E-state index contributed by atoms with van der Waals surface area (Å²) in [6.07, 6.45) is 2.28. The van der Waals surface area contributed by atoms with Crippen LogP contribution in [-0.4, -0.2) is 43.1 Å². The SMILES string of the molecule is COc1cc2c(c(C3=C4C=CN=C4C(=O)N(C)C3)c1)OC(c1ccc(F)cc1Cl)C(=O)N2. The fraction of sp³-hybridized carbons (Fsp3) is 0.174. The van der Waals surface area contributed by atoms with Crippen LogP contribution in [0.2, 0.25) is 5.02 Å². The molecule has 1 unspecified atom stereocenters. The van der Waals surface area contributed by atoms with Crippen LogP contribution in [0, 0.1) is 5.82 Å². The lowest BCUT2D eigenvalue weighted by atomic mass is 9.91. The standard InChI is InChI=1S/C23H17ClFN3O4/c1-28-10-16(13-5-6-26-19(13)23(28)30)15-8-12(31-2)9-18-20(15)32-21(22(29)27-18)14-4-3-11(25)7-17(14)24/h3-9,21H,10H2,1-2H3,(H,27,29). The van der Waals surface area contributed by atoms with Gasteiger partial charge in [0, 0.05) is 42.6 Å². The number of amides is 2. The molecular weight excluding hydrogens is 437 g/mol. The Balaban J connectivity index is 1.67. The maximum Gasteiger partial charge on any atom is 0.273 e. The van der Waals surface area contributed by atoms with Crippen LogP contribution in [0.1, 0.15) is 17.2 Å². The van der Waals surface area contributed by atoms with Crippen molar-refractivity contribution in [2.75, 3.05) is 26.0 Å². The Morgan fingerprint density at radius 3 is 2.84 bits per heavy atom. The third kappa shape index (κ3) is 3.15. The number of nitrogens with one attached hydrogen (secondary N) is 1. The first-order valence-corrected chi connectivity index (χ1v) is 10.1. The number of methoxy groups -OCH3 is 1. The molecule has 1 N–H and O–H groups in total. The van der Waals surface area contributed by atoms with Gasteiger partial charge in [0.1, 0.15) is 17.3 Å². The van der Waals surface area contributed by atoms with Crippen molar-refractivity contribution in [3.63, 3.8) is 0 Å². The number of hydrogen-bond acceptors (Lipinski definition) is 5. The number of allylic oxidation sites excluding steroid dienone is 1. The highest BCUT2D eigenvalue weighted by Gasteiger charge is 2.37. The van der Waals surface area contributed by atoms with Crippen LogP contribution in [0.25, 0.3) is 5.57 Å². The smallest absolute Gasteiger partial charge is 0.273 e. The predicted molar refractivity (Wildman–Crippen MR) is 118 cm³/mol. The first kappa shape index (κ1) is 20.3. The van der Waals surface area contributed by atoms with Crippen LogP contribution in [0.3, 0.4) is 0 Å². The summed E-state index contributed by atoms with van der Waals surface area (Å²) in [7, 11) is 3.21.